The topological polar surface area (TPSA) is 8.17 Å². The molecule has 0 aliphatic heterocycles. The lowest BCUT2D eigenvalue weighted by atomic mass is 9.63. The van der Waals surface area contributed by atoms with Crippen LogP contribution in [-0.4, -0.2) is 4.57 Å². The number of anilines is 3. The van der Waals surface area contributed by atoms with Crippen LogP contribution in [0.4, 0.5) is 17.1 Å². The molecule has 0 N–H and O–H groups in total. The summed E-state index contributed by atoms with van der Waals surface area (Å²) in [5.74, 6) is 0. The molecule has 0 unspecified atom stereocenters. The van der Waals surface area contributed by atoms with Crippen LogP contribution in [0.25, 0.3) is 71.6 Å². The molecule has 2 heteroatoms. The van der Waals surface area contributed by atoms with Crippen molar-refractivity contribution in [2.45, 2.75) is 5.41 Å². The Bertz CT molecular complexity index is 3450. The molecule has 2 aliphatic carbocycles. The van der Waals surface area contributed by atoms with Crippen molar-refractivity contribution in [2.75, 3.05) is 4.90 Å². The van der Waals surface area contributed by atoms with E-state index >= 15 is 0 Å². The molecular weight excluding hydrogens is 737 g/mol. The second-order valence-electron chi connectivity index (χ2n) is 16.4. The number of hydrogen-bond acceptors (Lipinski definition) is 1. The number of rotatable bonds is 6. The van der Waals surface area contributed by atoms with Gasteiger partial charge in [0.25, 0.3) is 0 Å². The minimum absolute atomic E-state index is 0.538. The highest BCUT2D eigenvalue weighted by Crippen LogP contribution is 2.62. The number of hydrogen-bond donors (Lipinski definition) is 0. The maximum atomic E-state index is 2.52. The van der Waals surface area contributed by atoms with Crippen molar-refractivity contribution in [1.82, 2.24) is 4.57 Å². The van der Waals surface area contributed by atoms with Crippen molar-refractivity contribution in [1.29, 1.82) is 0 Å². The summed E-state index contributed by atoms with van der Waals surface area (Å²) in [5, 5.41) is 5.23. The predicted octanol–water partition coefficient (Wildman–Crippen LogP) is 15.4. The summed E-state index contributed by atoms with van der Waals surface area (Å²) in [6.07, 6.45) is 0. The molecule has 284 valence electrons. The van der Waals surface area contributed by atoms with Gasteiger partial charge in [-0.15, -0.1) is 0 Å². The molecule has 61 heavy (non-hydrogen) atoms. The molecule has 0 amide bonds. The van der Waals surface area contributed by atoms with E-state index in [1.807, 2.05) is 0 Å². The van der Waals surface area contributed by atoms with E-state index < -0.39 is 5.41 Å². The van der Waals surface area contributed by atoms with Crippen LogP contribution in [0.15, 0.2) is 231 Å². The maximum Gasteiger partial charge on any atom is 0.0727 e. The fourth-order valence-corrected chi connectivity index (χ4v) is 10.9. The van der Waals surface area contributed by atoms with Crippen LogP contribution in [0.5, 0.6) is 0 Å². The lowest BCUT2D eigenvalue weighted by Gasteiger charge is -2.39. The molecule has 13 rings (SSSR count). The van der Waals surface area contributed by atoms with Crippen molar-refractivity contribution >= 4 is 49.6 Å². The van der Waals surface area contributed by atoms with Crippen LogP contribution in [-0.2, 0) is 5.41 Å². The van der Waals surface area contributed by atoms with Crippen molar-refractivity contribution in [3.05, 3.63) is 253 Å². The van der Waals surface area contributed by atoms with Crippen LogP contribution in [0.3, 0.4) is 0 Å². The van der Waals surface area contributed by atoms with E-state index in [0.29, 0.717) is 0 Å². The van der Waals surface area contributed by atoms with Gasteiger partial charge in [-0.1, -0.05) is 170 Å². The van der Waals surface area contributed by atoms with E-state index in [-0.39, 0.29) is 0 Å². The maximum absolute atomic E-state index is 2.52. The first kappa shape index (κ1) is 34.0. The second-order valence-corrected chi connectivity index (χ2v) is 16.4. The molecule has 0 saturated heterocycles. The summed E-state index contributed by atoms with van der Waals surface area (Å²) in [4.78, 5) is 2.44. The second kappa shape index (κ2) is 13.0. The largest absolute Gasteiger partial charge is 0.310 e. The molecule has 0 fully saturated rings. The standard InChI is InChI=1S/C59H38N2/c1-4-15-39(16-5-1)40-27-29-41(30-28-40)42-31-34-46(35-32-42)60(44-17-6-2-7-18-44)47-37-43-33-36-55-58-56(43)53(38-47)59(50-23-12-10-21-48(50)49-22-11-13-24-51(49)59)52-25-14-26-54(57(52)58)61(55)45-19-8-3-9-20-45/h1-38H. The van der Waals surface area contributed by atoms with Gasteiger partial charge >= 0.3 is 0 Å². The van der Waals surface area contributed by atoms with Gasteiger partial charge in [-0.25, -0.2) is 0 Å². The van der Waals surface area contributed by atoms with Gasteiger partial charge in [0.1, 0.15) is 0 Å². The molecule has 0 saturated carbocycles. The Morgan fingerprint density at radius 2 is 0.820 bits per heavy atom. The first-order valence-corrected chi connectivity index (χ1v) is 21.2. The van der Waals surface area contributed by atoms with Gasteiger partial charge in [0, 0.05) is 33.5 Å². The van der Waals surface area contributed by atoms with Crippen LogP contribution in [0.2, 0.25) is 0 Å². The molecule has 10 aromatic carbocycles. The Morgan fingerprint density at radius 3 is 1.48 bits per heavy atom. The van der Waals surface area contributed by atoms with E-state index in [1.54, 1.807) is 0 Å². The monoisotopic (exact) mass is 774 g/mol. The van der Waals surface area contributed by atoms with Crippen molar-refractivity contribution in [2.24, 2.45) is 0 Å². The third-order valence-electron chi connectivity index (χ3n) is 13.4. The molecule has 0 bridgehead atoms. The summed E-state index contributed by atoms with van der Waals surface area (Å²) in [7, 11) is 0. The number of para-hydroxylation sites is 2. The SMILES string of the molecule is c1ccc(-c2ccc(-c3ccc(N(c4ccccc4)c4cc5c6c(ccc7c6c6c(cccc6n7-c6ccccc6)C56c5ccccc5-c5ccccc56)c4)cc3)cc2)cc1. The average Bonchev–Trinajstić information content (AvgIpc) is 3.83. The Morgan fingerprint density at radius 1 is 0.311 bits per heavy atom. The summed E-state index contributed by atoms with van der Waals surface area (Å²) < 4.78 is 2.48. The molecule has 0 atom stereocenters. The van der Waals surface area contributed by atoms with Gasteiger partial charge in [0.15, 0.2) is 0 Å². The highest BCUT2D eigenvalue weighted by molar-refractivity contribution is 6.27. The predicted molar refractivity (Wildman–Crippen MR) is 255 cm³/mol. The molecule has 2 aliphatic rings. The zero-order valence-corrected chi connectivity index (χ0v) is 33.3. The normalized spacial score (nSPS) is 13.0. The highest BCUT2D eigenvalue weighted by atomic mass is 15.1. The number of aromatic nitrogens is 1. The van der Waals surface area contributed by atoms with Crippen LogP contribution in [0, 0.1) is 0 Å². The minimum atomic E-state index is -0.538. The molecule has 1 spiro atoms. The third kappa shape index (κ3) is 4.79. The van der Waals surface area contributed by atoms with Crippen LogP contribution in [0.1, 0.15) is 22.3 Å². The fraction of sp³-hybridized carbons (Fsp3) is 0.0169. The van der Waals surface area contributed by atoms with Crippen LogP contribution >= 0.6 is 0 Å². The van der Waals surface area contributed by atoms with E-state index in [4.69, 9.17) is 0 Å². The summed E-state index contributed by atoms with van der Waals surface area (Å²) in [5.41, 5.74) is 19.3. The third-order valence-corrected chi connectivity index (χ3v) is 13.4. The Kier molecular flexibility index (Phi) is 7.26. The highest BCUT2D eigenvalue weighted by Gasteiger charge is 2.50. The number of benzene rings is 10. The molecule has 11 aromatic rings. The average molecular weight is 775 g/mol. The van der Waals surface area contributed by atoms with Gasteiger partial charge in [0.05, 0.1) is 16.4 Å². The molecule has 1 heterocycles. The lowest BCUT2D eigenvalue weighted by molar-refractivity contribution is 0.783. The van der Waals surface area contributed by atoms with Gasteiger partial charge in [-0.05, 0) is 127 Å². The molecule has 1 aromatic heterocycles. The molecule has 0 radical (unpaired) electrons. The van der Waals surface area contributed by atoms with Gasteiger partial charge in [-0.3, -0.25) is 0 Å². The Hall–Kier alpha value is -7.94. The van der Waals surface area contributed by atoms with E-state index in [2.05, 4.69) is 240 Å². The lowest BCUT2D eigenvalue weighted by Crippen LogP contribution is -2.31. The quantitative estimate of drug-likeness (QED) is 0.163. The van der Waals surface area contributed by atoms with Crippen LogP contribution < -0.4 is 4.90 Å². The van der Waals surface area contributed by atoms with Gasteiger partial charge < -0.3 is 9.47 Å². The van der Waals surface area contributed by atoms with E-state index in [9.17, 15) is 0 Å². The van der Waals surface area contributed by atoms with Gasteiger partial charge in [-0.2, -0.15) is 0 Å². The molecular formula is C59H38N2. The summed E-state index contributed by atoms with van der Waals surface area (Å²) in [6, 6.07) is 85.2. The summed E-state index contributed by atoms with van der Waals surface area (Å²) in [6.45, 7) is 0. The van der Waals surface area contributed by atoms with E-state index in [1.165, 1.54) is 93.9 Å². The Labute approximate surface area is 354 Å². The first-order chi connectivity index (χ1) is 30.3. The van der Waals surface area contributed by atoms with Gasteiger partial charge in [0.2, 0.25) is 0 Å². The first-order valence-electron chi connectivity index (χ1n) is 21.2. The Balaban J connectivity index is 1.07. The van der Waals surface area contributed by atoms with Crippen molar-refractivity contribution in [3.8, 4) is 39.1 Å². The van der Waals surface area contributed by atoms with Crippen molar-refractivity contribution < 1.29 is 0 Å². The fourth-order valence-electron chi connectivity index (χ4n) is 10.9. The smallest absolute Gasteiger partial charge is 0.0727 e. The molecule has 2 nitrogen and oxygen atoms in total. The number of nitrogens with zero attached hydrogens (tertiary/aromatic N) is 2. The van der Waals surface area contributed by atoms with E-state index in [0.717, 1.165) is 17.1 Å². The zero-order chi connectivity index (χ0) is 40.1. The zero-order valence-electron chi connectivity index (χ0n) is 33.3. The van der Waals surface area contributed by atoms with Crippen molar-refractivity contribution in [3.63, 3.8) is 0 Å². The summed E-state index contributed by atoms with van der Waals surface area (Å²) >= 11 is 0. The minimum Gasteiger partial charge on any atom is -0.310 e. The number of fused-ring (bicyclic) bond motifs is 7.